The quantitative estimate of drug-likeness (QED) is 0.698. The van der Waals surface area contributed by atoms with Crippen molar-refractivity contribution in [1.29, 1.82) is 0 Å². The summed E-state index contributed by atoms with van der Waals surface area (Å²) in [6.07, 6.45) is 3.52. The van der Waals surface area contributed by atoms with E-state index in [0.29, 0.717) is 11.3 Å². The minimum Gasteiger partial charge on any atom is -0.393 e. The van der Waals surface area contributed by atoms with Crippen LogP contribution in [0.4, 0.5) is 0 Å². The topological polar surface area (TPSA) is 35.5 Å². The maximum atomic E-state index is 9.67. The van der Waals surface area contributed by atoms with Crippen LogP contribution in [0.1, 0.15) is 47.0 Å². The van der Waals surface area contributed by atoms with Crippen molar-refractivity contribution in [1.82, 2.24) is 10.2 Å². The van der Waals surface area contributed by atoms with E-state index in [1.165, 1.54) is 12.8 Å². The van der Waals surface area contributed by atoms with Crippen LogP contribution < -0.4 is 5.32 Å². The van der Waals surface area contributed by atoms with E-state index in [-0.39, 0.29) is 6.10 Å². The Bertz CT molecular complexity index is 233. The van der Waals surface area contributed by atoms with Gasteiger partial charge in [-0.15, -0.1) is 0 Å². The average molecular weight is 256 g/mol. The fourth-order valence-corrected chi connectivity index (χ4v) is 3.19. The minimum atomic E-state index is -0.152. The molecule has 0 amide bonds. The lowest BCUT2D eigenvalue weighted by atomic mass is 9.85. The Labute approximate surface area is 113 Å². The molecule has 1 aliphatic rings. The van der Waals surface area contributed by atoms with Crippen LogP contribution in [0, 0.1) is 11.3 Å². The first-order chi connectivity index (χ1) is 8.50. The summed E-state index contributed by atoms with van der Waals surface area (Å²) in [4.78, 5) is 2.55. The van der Waals surface area contributed by atoms with Crippen LogP contribution in [0.5, 0.6) is 0 Å². The molecule has 0 aromatic heterocycles. The molecule has 3 unspecified atom stereocenters. The second-order valence-corrected chi connectivity index (χ2v) is 6.37. The van der Waals surface area contributed by atoms with Gasteiger partial charge >= 0.3 is 0 Å². The molecular formula is C15H32N2O. The van der Waals surface area contributed by atoms with Crippen LogP contribution >= 0.6 is 0 Å². The molecule has 3 nitrogen and oxygen atoms in total. The van der Waals surface area contributed by atoms with Gasteiger partial charge in [0.1, 0.15) is 0 Å². The third kappa shape index (κ3) is 4.87. The highest BCUT2D eigenvalue weighted by Gasteiger charge is 2.31. The van der Waals surface area contributed by atoms with Crippen LogP contribution in [-0.2, 0) is 0 Å². The summed E-state index contributed by atoms with van der Waals surface area (Å²) in [7, 11) is 0. The first kappa shape index (κ1) is 15.9. The average Bonchev–Trinajstić information content (AvgIpc) is 2.75. The summed E-state index contributed by atoms with van der Waals surface area (Å²) in [6, 6.07) is 0. The second-order valence-electron chi connectivity index (χ2n) is 6.37. The number of aliphatic hydroxyl groups excluding tert-OH is 1. The van der Waals surface area contributed by atoms with Gasteiger partial charge in [0, 0.05) is 19.6 Å². The number of hydrogen-bond acceptors (Lipinski definition) is 3. The molecule has 0 aliphatic carbocycles. The normalized spacial score (nSPS) is 26.2. The van der Waals surface area contributed by atoms with Crippen molar-refractivity contribution in [3.05, 3.63) is 0 Å². The van der Waals surface area contributed by atoms with E-state index in [2.05, 4.69) is 31.0 Å². The third-order valence-electron chi connectivity index (χ3n) is 4.25. The van der Waals surface area contributed by atoms with E-state index in [0.717, 1.165) is 39.1 Å². The number of rotatable bonds is 8. The molecule has 3 atom stereocenters. The van der Waals surface area contributed by atoms with E-state index in [4.69, 9.17) is 0 Å². The fourth-order valence-electron chi connectivity index (χ4n) is 3.19. The zero-order valence-electron chi connectivity index (χ0n) is 12.7. The zero-order chi connectivity index (χ0) is 13.6. The Morgan fingerprint density at radius 1 is 1.44 bits per heavy atom. The summed E-state index contributed by atoms with van der Waals surface area (Å²) in [5.74, 6) is 0.481. The van der Waals surface area contributed by atoms with Gasteiger partial charge < -0.3 is 15.3 Å². The molecule has 0 aromatic carbocycles. The van der Waals surface area contributed by atoms with Gasteiger partial charge in [0.2, 0.25) is 0 Å². The first-order valence-electron chi connectivity index (χ1n) is 7.62. The lowest BCUT2D eigenvalue weighted by Gasteiger charge is -2.34. The van der Waals surface area contributed by atoms with E-state index < -0.39 is 0 Å². The number of aliphatic hydroxyl groups is 1. The molecule has 0 bridgehead atoms. The van der Waals surface area contributed by atoms with Crippen LogP contribution in [-0.4, -0.2) is 48.8 Å². The monoisotopic (exact) mass is 256 g/mol. The van der Waals surface area contributed by atoms with Crippen molar-refractivity contribution in [3.63, 3.8) is 0 Å². The molecular weight excluding hydrogens is 224 g/mol. The van der Waals surface area contributed by atoms with Gasteiger partial charge in [0.25, 0.3) is 0 Å². The van der Waals surface area contributed by atoms with E-state index in [9.17, 15) is 5.11 Å². The van der Waals surface area contributed by atoms with Crippen molar-refractivity contribution < 1.29 is 5.11 Å². The Morgan fingerprint density at radius 3 is 2.67 bits per heavy atom. The minimum absolute atomic E-state index is 0.152. The number of nitrogens with zero attached hydrogens (tertiary/aromatic N) is 1. The summed E-state index contributed by atoms with van der Waals surface area (Å²) >= 11 is 0. The fraction of sp³-hybridized carbons (Fsp3) is 1.00. The van der Waals surface area contributed by atoms with Gasteiger partial charge in [-0.3, -0.25) is 0 Å². The SMILES string of the molecule is CCCC(C)(CNCC)CN1CCC(C(C)O)C1. The van der Waals surface area contributed by atoms with E-state index >= 15 is 0 Å². The maximum absolute atomic E-state index is 9.67. The van der Waals surface area contributed by atoms with Crippen molar-refractivity contribution in [2.24, 2.45) is 11.3 Å². The molecule has 3 heteroatoms. The van der Waals surface area contributed by atoms with Gasteiger partial charge in [-0.2, -0.15) is 0 Å². The first-order valence-corrected chi connectivity index (χ1v) is 7.62. The van der Waals surface area contributed by atoms with Gasteiger partial charge in [-0.1, -0.05) is 27.2 Å². The van der Waals surface area contributed by atoms with Gasteiger partial charge in [0.15, 0.2) is 0 Å². The standard InChI is InChI=1S/C15H32N2O/c1-5-8-15(4,11-16-6-2)12-17-9-7-14(10-17)13(3)18/h13-14,16,18H,5-12H2,1-4H3. The molecule has 108 valence electrons. The third-order valence-corrected chi connectivity index (χ3v) is 4.25. The van der Waals surface area contributed by atoms with Crippen LogP contribution in [0.3, 0.4) is 0 Å². The Morgan fingerprint density at radius 2 is 2.17 bits per heavy atom. The summed E-state index contributed by atoms with van der Waals surface area (Å²) in [5.41, 5.74) is 0.373. The van der Waals surface area contributed by atoms with Crippen LogP contribution in [0.2, 0.25) is 0 Å². The molecule has 0 aromatic rings. The number of hydrogen-bond donors (Lipinski definition) is 2. The molecule has 1 aliphatic heterocycles. The maximum Gasteiger partial charge on any atom is 0.0552 e. The molecule has 1 saturated heterocycles. The summed E-state index contributed by atoms with van der Waals surface area (Å²) < 4.78 is 0. The number of nitrogens with one attached hydrogen (secondary N) is 1. The molecule has 0 radical (unpaired) electrons. The number of likely N-dealkylation sites (tertiary alicyclic amines) is 1. The van der Waals surface area contributed by atoms with Crippen molar-refractivity contribution in [3.8, 4) is 0 Å². The van der Waals surface area contributed by atoms with Crippen molar-refractivity contribution in [2.75, 3.05) is 32.7 Å². The second kappa shape index (κ2) is 7.46. The zero-order valence-corrected chi connectivity index (χ0v) is 12.7. The van der Waals surface area contributed by atoms with Crippen molar-refractivity contribution >= 4 is 0 Å². The van der Waals surface area contributed by atoms with E-state index in [1.54, 1.807) is 0 Å². The Hall–Kier alpha value is -0.120. The smallest absolute Gasteiger partial charge is 0.0552 e. The van der Waals surface area contributed by atoms with Gasteiger partial charge in [-0.25, -0.2) is 0 Å². The highest BCUT2D eigenvalue weighted by molar-refractivity contribution is 4.86. The molecule has 1 fully saturated rings. The Kier molecular flexibility index (Phi) is 6.61. The van der Waals surface area contributed by atoms with E-state index in [1.807, 2.05) is 6.92 Å². The van der Waals surface area contributed by atoms with Crippen LogP contribution in [0.15, 0.2) is 0 Å². The molecule has 18 heavy (non-hydrogen) atoms. The molecule has 1 rings (SSSR count). The highest BCUT2D eigenvalue weighted by atomic mass is 16.3. The highest BCUT2D eigenvalue weighted by Crippen LogP contribution is 2.28. The molecule has 1 heterocycles. The van der Waals surface area contributed by atoms with Gasteiger partial charge in [-0.05, 0) is 44.2 Å². The largest absolute Gasteiger partial charge is 0.393 e. The Balaban J connectivity index is 2.46. The summed E-state index contributed by atoms with van der Waals surface area (Å²) in [6.45, 7) is 14.3. The molecule has 2 N–H and O–H groups in total. The predicted molar refractivity (Wildman–Crippen MR) is 77.8 cm³/mol. The molecule has 0 spiro atoms. The molecule has 0 saturated carbocycles. The summed E-state index contributed by atoms with van der Waals surface area (Å²) in [5, 5.41) is 13.2. The van der Waals surface area contributed by atoms with Crippen molar-refractivity contribution in [2.45, 2.75) is 53.1 Å². The lowest BCUT2D eigenvalue weighted by molar-refractivity contribution is 0.117. The van der Waals surface area contributed by atoms with Gasteiger partial charge in [0.05, 0.1) is 6.10 Å². The lowest BCUT2D eigenvalue weighted by Crippen LogP contribution is -2.42. The predicted octanol–water partition coefficient (Wildman–Crippen LogP) is 2.11. The van der Waals surface area contributed by atoms with Crippen LogP contribution in [0.25, 0.3) is 0 Å².